The lowest BCUT2D eigenvalue weighted by Gasteiger charge is -2.17. The number of nitrogens with one attached hydrogen (secondary N) is 1. The van der Waals surface area contributed by atoms with Crippen LogP contribution in [0.15, 0.2) is 47.5 Å². The van der Waals surface area contributed by atoms with Gasteiger partial charge in [-0.2, -0.15) is 26.3 Å². The normalized spacial score (nSPS) is 12.9. The average Bonchev–Trinajstić information content (AvgIpc) is 3.30. The van der Waals surface area contributed by atoms with E-state index in [9.17, 15) is 34.8 Å². The van der Waals surface area contributed by atoms with Gasteiger partial charge in [0.2, 0.25) is 5.95 Å². The molecule has 0 aliphatic rings. The van der Waals surface area contributed by atoms with Crippen LogP contribution in [-0.2, 0) is 27.8 Å². The van der Waals surface area contributed by atoms with E-state index in [-0.39, 0.29) is 40.4 Å². The van der Waals surface area contributed by atoms with E-state index >= 15 is 8.78 Å². The molecule has 4 aromatic rings. The molecule has 3 N–H and O–H groups in total. The highest BCUT2D eigenvalue weighted by Crippen LogP contribution is 2.44. The van der Waals surface area contributed by atoms with Crippen LogP contribution >= 0.6 is 11.3 Å². The zero-order chi connectivity index (χ0) is 31.4. The number of anilines is 2. The highest BCUT2D eigenvalue weighted by atomic mass is 32.2. The molecule has 0 unspecified atom stereocenters. The molecule has 224 valence electrons. The lowest BCUT2D eigenvalue weighted by atomic mass is 9.98. The second-order valence-electron chi connectivity index (χ2n) is 9.84. The molecule has 2 aromatic carbocycles. The fourth-order valence-electron chi connectivity index (χ4n) is 3.69. The van der Waals surface area contributed by atoms with E-state index in [1.54, 1.807) is 20.8 Å². The van der Waals surface area contributed by atoms with E-state index in [0.29, 0.717) is 17.1 Å². The predicted molar refractivity (Wildman–Crippen MR) is 139 cm³/mol. The van der Waals surface area contributed by atoms with Crippen molar-refractivity contribution in [2.45, 2.75) is 43.4 Å². The third kappa shape index (κ3) is 6.16. The fraction of sp³-hybridized carbons (Fsp3) is 0.240. The summed E-state index contributed by atoms with van der Waals surface area (Å²) in [4.78, 5) is 10.5. The number of benzene rings is 2. The summed E-state index contributed by atoms with van der Waals surface area (Å²) in [6.07, 6.45) is -9.31. The van der Waals surface area contributed by atoms with Gasteiger partial charge in [0.05, 0.1) is 43.7 Å². The number of rotatable bonds is 5. The Bertz CT molecular complexity index is 1780. The van der Waals surface area contributed by atoms with Crippen molar-refractivity contribution in [3.05, 3.63) is 70.4 Å². The second kappa shape index (κ2) is 10.4. The van der Waals surface area contributed by atoms with Crippen LogP contribution in [0, 0.1) is 11.6 Å². The first-order valence-electron chi connectivity index (χ1n) is 11.6. The topological polar surface area (TPSA) is 111 Å². The number of halogens is 8. The quantitative estimate of drug-likeness (QED) is 0.223. The van der Waals surface area contributed by atoms with Gasteiger partial charge in [0.15, 0.2) is 5.82 Å². The van der Waals surface area contributed by atoms with Crippen LogP contribution in [0.4, 0.5) is 46.8 Å². The first kappa shape index (κ1) is 31.1. The molecule has 0 saturated carbocycles. The average molecular weight is 638 g/mol. The number of nitrogens with two attached hydrogens (primary N) is 1. The van der Waals surface area contributed by atoms with Crippen molar-refractivity contribution in [2.75, 3.05) is 10.5 Å². The Morgan fingerprint density at radius 3 is 2.14 bits per heavy atom. The van der Waals surface area contributed by atoms with Gasteiger partial charge in [-0.1, -0.05) is 20.8 Å². The number of hydrogen-bond donors (Lipinski definition) is 2. The van der Waals surface area contributed by atoms with Crippen LogP contribution in [0.1, 0.15) is 36.9 Å². The maximum atomic E-state index is 15.9. The van der Waals surface area contributed by atoms with E-state index in [1.165, 1.54) is 17.0 Å². The summed E-state index contributed by atoms with van der Waals surface area (Å²) in [7, 11) is -5.52. The summed E-state index contributed by atoms with van der Waals surface area (Å²) < 4.78 is 139. The van der Waals surface area contributed by atoms with Crippen molar-refractivity contribution in [3.8, 4) is 21.8 Å². The van der Waals surface area contributed by atoms with Gasteiger partial charge in [0.25, 0.3) is 10.0 Å². The van der Waals surface area contributed by atoms with Crippen molar-refractivity contribution in [1.82, 2.24) is 15.0 Å². The van der Waals surface area contributed by atoms with Crippen LogP contribution < -0.4 is 10.5 Å². The maximum absolute atomic E-state index is 15.9. The van der Waals surface area contributed by atoms with Gasteiger partial charge in [0.1, 0.15) is 10.7 Å². The minimum atomic E-state index is -5.52. The molecule has 0 amide bonds. The fourth-order valence-corrected chi connectivity index (χ4v) is 6.10. The molecule has 0 aliphatic carbocycles. The Labute approximate surface area is 237 Å². The van der Waals surface area contributed by atoms with E-state index in [2.05, 4.69) is 15.0 Å². The smallest absolute Gasteiger partial charge is 0.368 e. The Balaban J connectivity index is 1.91. The number of nitrogens with zero attached hydrogens (tertiary/aromatic N) is 3. The molecule has 0 aliphatic heterocycles. The standard InChI is InChI=1S/C25H19F8N5O2S2/c1-23(2,3)21-37-19(20(41-21)15-8-9-35-22(34)36-15)17-13(26)6-7-14(18(17)27)38-42(39,40)16-10-11(24(28,29)30)4-5-12(16)25(31,32)33/h4-10,38H,1-3H3,(H2,34,35,36). The van der Waals surface area contributed by atoms with Crippen molar-refractivity contribution < 1.29 is 43.5 Å². The SMILES string of the molecule is CC(C)(C)c1nc(-c2c(F)ccc(NS(=O)(=O)c3cc(C(F)(F)F)ccc3C(F)(F)F)c2F)c(-c2ccnc(N)n2)s1. The summed E-state index contributed by atoms with van der Waals surface area (Å²) in [5, 5.41) is 0.383. The van der Waals surface area contributed by atoms with Crippen LogP contribution in [-0.4, -0.2) is 23.4 Å². The van der Waals surface area contributed by atoms with Crippen molar-refractivity contribution in [3.63, 3.8) is 0 Å². The minimum absolute atomic E-state index is 0.0488. The van der Waals surface area contributed by atoms with Gasteiger partial charge in [-0.15, -0.1) is 11.3 Å². The van der Waals surface area contributed by atoms with Crippen LogP contribution in [0.2, 0.25) is 0 Å². The van der Waals surface area contributed by atoms with Crippen molar-refractivity contribution in [1.29, 1.82) is 0 Å². The Morgan fingerprint density at radius 1 is 0.905 bits per heavy atom. The first-order valence-corrected chi connectivity index (χ1v) is 13.9. The maximum Gasteiger partial charge on any atom is 0.417 e. The Kier molecular flexibility index (Phi) is 7.73. The van der Waals surface area contributed by atoms with Crippen LogP contribution in [0.25, 0.3) is 21.8 Å². The summed E-state index contributed by atoms with van der Waals surface area (Å²) >= 11 is 1.00. The van der Waals surface area contributed by atoms with Gasteiger partial charge >= 0.3 is 12.4 Å². The molecule has 0 saturated heterocycles. The molecule has 0 bridgehead atoms. The molecule has 0 spiro atoms. The highest BCUT2D eigenvalue weighted by Gasteiger charge is 2.41. The van der Waals surface area contributed by atoms with Crippen molar-refractivity contribution in [2.24, 2.45) is 0 Å². The zero-order valence-electron chi connectivity index (χ0n) is 21.6. The number of aromatic nitrogens is 3. The summed E-state index contributed by atoms with van der Waals surface area (Å²) in [6, 6.07) is 2.38. The van der Waals surface area contributed by atoms with E-state index in [0.717, 1.165) is 11.3 Å². The third-order valence-electron chi connectivity index (χ3n) is 5.65. The summed E-state index contributed by atoms with van der Waals surface area (Å²) in [5.74, 6) is -2.99. The van der Waals surface area contributed by atoms with Crippen molar-refractivity contribution >= 4 is 33.0 Å². The van der Waals surface area contributed by atoms with Gasteiger partial charge < -0.3 is 5.73 Å². The molecule has 0 fully saturated rings. The van der Waals surface area contributed by atoms with E-state index < -0.39 is 66.7 Å². The molecule has 2 heterocycles. The Morgan fingerprint density at radius 2 is 1.57 bits per heavy atom. The minimum Gasteiger partial charge on any atom is -0.368 e. The number of hydrogen-bond acceptors (Lipinski definition) is 7. The molecule has 0 radical (unpaired) electrons. The summed E-state index contributed by atoms with van der Waals surface area (Å²) in [5.41, 5.74) is -0.724. The molecule has 42 heavy (non-hydrogen) atoms. The van der Waals surface area contributed by atoms with E-state index in [1.807, 2.05) is 0 Å². The molecular formula is C25H19F8N5O2S2. The Hall–Kier alpha value is -3.86. The zero-order valence-corrected chi connectivity index (χ0v) is 23.3. The molecule has 0 atom stereocenters. The first-order chi connectivity index (χ1) is 19.2. The molecule has 17 heteroatoms. The molecule has 2 aromatic heterocycles. The number of sulfonamides is 1. The molecular weight excluding hydrogens is 618 g/mol. The molecule has 4 rings (SSSR count). The van der Waals surface area contributed by atoms with Gasteiger partial charge in [0, 0.05) is 11.6 Å². The van der Waals surface area contributed by atoms with E-state index in [4.69, 9.17) is 5.73 Å². The number of alkyl halides is 6. The third-order valence-corrected chi connectivity index (χ3v) is 8.56. The monoisotopic (exact) mass is 637 g/mol. The van der Waals surface area contributed by atoms with Crippen LogP contribution in [0.5, 0.6) is 0 Å². The lowest BCUT2D eigenvalue weighted by Crippen LogP contribution is -2.21. The van der Waals surface area contributed by atoms with Crippen LogP contribution in [0.3, 0.4) is 0 Å². The van der Waals surface area contributed by atoms with Gasteiger partial charge in [-0.3, -0.25) is 4.72 Å². The van der Waals surface area contributed by atoms with Gasteiger partial charge in [-0.25, -0.2) is 32.2 Å². The predicted octanol–water partition coefficient (Wildman–Crippen LogP) is 7.26. The largest absolute Gasteiger partial charge is 0.417 e. The highest BCUT2D eigenvalue weighted by molar-refractivity contribution is 7.92. The number of thiazole rings is 1. The second-order valence-corrected chi connectivity index (χ2v) is 12.5. The van der Waals surface area contributed by atoms with Gasteiger partial charge in [-0.05, 0) is 36.4 Å². The molecule has 7 nitrogen and oxygen atoms in total. The number of nitrogen functional groups attached to an aromatic ring is 1. The summed E-state index contributed by atoms with van der Waals surface area (Å²) in [6.45, 7) is 5.29. The lowest BCUT2D eigenvalue weighted by molar-refractivity contribution is -0.143.